The Balaban J connectivity index is 2.15. The molecule has 0 aliphatic heterocycles. The van der Waals surface area contributed by atoms with E-state index in [1.807, 2.05) is 0 Å². The van der Waals surface area contributed by atoms with Crippen molar-refractivity contribution in [2.45, 2.75) is 58.3 Å². The predicted octanol–water partition coefficient (Wildman–Crippen LogP) is 5.02. The smallest absolute Gasteiger partial charge is 0.0364 e. The minimum atomic E-state index is 0.405. The monoisotopic (exact) mass is 240 g/mol. The third-order valence-corrected chi connectivity index (χ3v) is 6.01. The topological polar surface area (TPSA) is 0 Å². The summed E-state index contributed by atoms with van der Waals surface area (Å²) in [6.45, 7) is 11.2. The zero-order valence-corrected chi connectivity index (χ0v) is 11.7. The Morgan fingerprint density at radius 2 is 1.94 bits per heavy atom. The van der Waals surface area contributed by atoms with Crippen LogP contribution in [-0.2, 0) is 0 Å². The Bertz CT molecular complexity index is 283. The maximum absolute atomic E-state index is 6.45. The number of halogens is 1. The van der Waals surface area contributed by atoms with Crippen LogP contribution in [0.1, 0.15) is 52.9 Å². The summed E-state index contributed by atoms with van der Waals surface area (Å²) in [5, 5.41) is 0.405. The molecule has 0 radical (unpaired) electrons. The van der Waals surface area contributed by atoms with Crippen molar-refractivity contribution in [2.75, 3.05) is 0 Å². The third-order valence-electron chi connectivity index (χ3n) is 5.39. The van der Waals surface area contributed by atoms with Crippen LogP contribution >= 0.6 is 11.6 Å². The fourth-order valence-electron chi connectivity index (χ4n) is 3.99. The third kappa shape index (κ3) is 2.06. The molecule has 0 unspecified atom stereocenters. The number of rotatable bonds is 1. The minimum absolute atomic E-state index is 0.405. The highest BCUT2D eigenvalue weighted by molar-refractivity contribution is 6.20. The number of allylic oxidation sites excluding steroid dienone is 1. The molecule has 0 nitrogen and oxygen atoms in total. The molecule has 1 heteroatoms. The lowest BCUT2D eigenvalue weighted by atomic mass is 9.54. The second kappa shape index (κ2) is 4.37. The van der Waals surface area contributed by atoms with E-state index in [-0.39, 0.29) is 0 Å². The molecule has 2 fully saturated rings. The van der Waals surface area contributed by atoms with Gasteiger partial charge in [0.2, 0.25) is 0 Å². The lowest BCUT2D eigenvalue weighted by Gasteiger charge is -2.52. The van der Waals surface area contributed by atoms with Crippen LogP contribution in [0, 0.1) is 23.2 Å². The molecule has 2 saturated carbocycles. The number of hydrogen-bond acceptors (Lipinski definition) is 0. The van der Waals surface area contributed by atoms with Crippen LogP contribution in [-0.4, -0.2) is 5.38 Å². The van der Waals surface area contributed by atoms with E-state index in [9.17, 15) is 0 Å². The van der Waals surface area contributed by atoms with Gasteiger partial charge in [0.25, 0.3) is 0 Å². The van der Waals surface area contributed by atoms with Gasteiger partial charge < -0.3 is 0 Å². The second-order valence-electron chi connectivity index (χ2n) is 6.49. The van der Waals surface area contributed by atoms with Gasteiger partial charge >= 0.3 is 0 Å². The van der Waals surface area contributed by atoms with Gasteiger partial charge in [-0.05, 0) is 62.2 Å². The summed E-state index contributed by atoms with van der Waals surface area (Å²) in [6.07, 6.45) is 6.61. The van der Waals surface area contributed by atoms with Crippen LogP contribution in [0.4, 0.5) is 0 Å². The first-order chi connectivity index (χ1) is 7.44. The molecular formula is C15H25Cl. The summed E-state index contributed by atoms with van der Waals surface area (Å²) < 4.78 is 0. The fourth-order valence-corrected chi connectivity index (χ4v) is 4.27. The summed E-state index contributed by atoms with van der Waals surface area (Å²) >= 11 is 6.45. The molecule has 2 aliphatic rings. The molecule has 5 atom stereocenters. The van der Waals surface area contributed by atoms with Crippen molar-refractivity contribution in [3.8, 4) is 0 Å². The van der Waals surface area contributed by atoms with Crippen molar-refractivity contribution in [1.29, 1.82) is 0 Å². The predicted molar refractivity (Wildman–Crippen MR) is 71.8 cm³/mol. The van der Waals surface area contributed by atoms with Crippen LogP contribution in [0.2, 0.25) is 0 Å². The number of hydrogen-bond donors (Lipinski definition) is 0. The van der Waals surface area contributed by atoms with Crippen LogP contribution in [0.5, 0.6) is 0 Å². The van der Waals surface area contributed by atoms with Crippen molar-refractivity contribution in [2.24, 2.45) is 23.2 Å². The Hall–Kier alpha value is 0.0300. The summed E-state index contributed by atoms with van der Waals surface area (Å²) in [6, 6.07) is 0. The van der Waals surface area contributed by atoms with Gasteiger partial charge in [-0.3, -0.25) is 0 Å². The highest BCUT2D eigenvalue weighted by Crippen LogP contribution is 2.55. The average molecular weight is 241 g/mol. The number of alkyl halides is 1. The van der Waals surface area contributed by atoms with Crippen molar-refractivity contribution in [1.82, 2.24) is 0 Å². The molecule has 0 N–H and O–H groups in total. The van der Waals surface area contributed by atoms with E-state index in [1.165, 1.54) is 37.7 Å². The zero-order chi connectivity index (χ0) is 11.9. The lowest BCUT2D eigenvalue weighted by molar-refractivity contribution is 0.00965. The zero-order valence-electron chi connectivity index (χ0n) is 10.9. The maximum atomic E-state index is 6.45. The second-order valence-corrected chi connectivity index (χ2v) is 7.05. The van der Waals surface area contributed by atoms with Crippen molar-refractivity contribution < 1.29 is 0 Å². The first kappa shape index (κ1) is 12.5. The quantitative estimate of drug-likeness (QED) is 0.446. The Morgan fingerprint density at radius 1 is 1.31 bits per heavy atom. The SMILES string of the molecule is C=C(C)[C@H]1CC[C@]2(C)CC[C@H](Cl)[C@H](C)[C@H]2C1. The molecule has 0 aromatic heterocycles. The van der Waals surface area contributed by atoms with Crippen LogP contribution in [0.15, 0.2) is 12.2 Å². The molecule has 0 bridgehead atoms. The standard InChI is InChI=1S/C15H25Cl/c1-10(2)12-5-7-15(4)8-6-14(16)11(3)13(15)9-12/h11-14H,1,5-9H2,2-4H3/t11-,12+,13-,14+,15-/m1/s1. The highest BCUT2D eigenvalue weighted by atomic mass is 35.5. The normalized spacial score (nSPS) is 48.5. The maximum Gasteiger partial charge on any atom is 0.0364 e. The van der Waals surface area contributed by atoms with E-state index in [4.69, 9.17) is 11.6 Å². The fraction of sp³-hybridized carbons (Fsp3) is 0.867. The van der Waals surface area contributed by atoms with Crippen molar-refractivity contribution >= 4 is 11.6 Å². The molecule has 92 valence electrons. The molecule has 2 rings (SSSR count). The Morgan fingerprint density at radius 3 is 2.56 bits per heavy atom. The van der Waals surface area contributed by atoms with Gasteiger partial charge in [0.15, 0.2) is 0 Å². The van der Waals surface area contributed by atoms with Crippen LogP contribution in [0.3, 0.4) is 0 Å². The summed E-state index contributed by atoms with van der Waals surface area (Å²) in [5.41, 5.74) is 1.95. The number of fused-ring (bicyclic) bond motifs is 1. The van der Waals surface area contributed by atoms with Gasteiger partial charge in [-0.15, -0.1) is 11.6 Å². The van der Waals surface area contributed by atoms with E-state index < -0.39 is 0 Å². The largest absolute Gasteiger partial charge is 0.123 e. The van der Waals surface area contributed by atoms with E-state index in [0.29, 0.717) is 16.7 Å². The highest BCUT2D eigenvalue weighted by Gasteiger charge is 2.47. The van der Waals surface area contributed by atoms with E-state index in [0.717, 1.165) is 11.8 Å². The van der Waals surface area contributed by atoms with Gasteiger partial charge in [-0.1, -0.05) is 26.0 Å². The summed E-state index contributed by atoms with van der Waals surface area (Å²) in [7, 11) is 0. The van der Waals surface area contributed by atoms with E-state index >= 15 is 0 Å². The van der Waals surface area contributed by atoms with E-state index in [1.54, 1.807) is 0 Å². The average Bonchev–Trinajstić information content (AvgIpc) is 2.24. The first-order valence-corrected chi connectivity index (χ1v) is 7.17. The molecular weight excluding hydrogens is 216 g/mol. The molecule has 0 aromatic carbocycles. The van der Waals surface area contributed by atoms with Gasteiger partial charge in [-0.25, -0.2) is 0 Å². The molecule has 0 amide bonds. The van der Waals surface area contributed by atoms with Crippen LogP contribution in [0.25, 0.3) is 0 Å². The van der Waals surface area contributed by atoms with Crippen molar-refractivity contribution in [3.63, 3.8) is 0 Å². The van der Waals surface area contributed by atoms with Gasteiger partial charge in [0.1, 0.15) is 0 Å². The minimum Gasteiger partial charge on any atom is -0.123 e. The molecule has 16 heavy (non-hydrogen) atoms. The molecule has 0 heterocycles. The summed E-state index contributed by atoms with van der Waals surface area (Å²) in [4.78, 5) is 0. The molecule has 2 aliphatic carbocycles. The van der Waals surface area contributed by atoms with Gasteiger partial charge in [-0.2, -0.15) is 0 Å². The molecule has 0 aromatic rings. The Kier molecular flexibility index (Phi) is 3.41. The Labute approximate surface area is 105 Å². The lowest BCUT2D eigenvalue weighted by Crippen LogP contribution is -2.45. The van der Waals surface area contributed by atoms with Gasteiger partial charge in [0, 0.05) is 5.38 Å². The van der Waals surface area contributed by atoms with E-state index in [2.05, 4.69) is 27.4 Å². The summed E-state index contributed by atoms with van der Waals surface area (Å²) in [5.74, 6) is 2.25. The van der Waals surface area contributed by atoms with Crippen LogP contribution < -0.4 is 0 Å². The van der Waals surface area contributed by atoms with Crippen molar-refractivity contribution in [3.05, 3.63) is 12.2 Å². The van der Waals surface area contributed by atoms with Gasteiger partial charge in [0.05, 0.1) is 0 Å². The molecule has 0 spiro atoms. The first-order valence-electron chi connectivity index (χ1n) is 6.73. The molecule has 0 saturated heterocycles.